The number of carbonyl (C=O) groups is 1. The van der Waals surface area contributed by atoms with Crippen LogP contribution in [-0.2, 0) is 0 Å². The Morgan fingerprint density at radius 1 is 1.56 bits per heavy atom. The van der Waals surface area contributed by atoms with E-state index in [1.165, 1.54) is 30.5 Å². The molecule has 1 aromatic rings. The van der Waals surface area contributed by atoms with Crippen LogP contribution in [0.5, 0.6) is 0 Å². The summed E-state index contributed by atoms with van der Waals surface area (Å²) < 4.78 is 0. The van der Waals surface area contributed by atoms with Crippen LogP contribution in [0.4, 0.5) is 5.82 Å². The van der Waals surface area contributed by atoms with Crippen LogP contribution in [0.2, 0.25) is 0 Å². The summed E-state index contributed by atoms with van der Waals surface area (Å²) in [7, 11) is 0. The third-order valence-electron chi connectivity index (χ3n) is 2.34. The molecule has 6 heteroatoms. The Hall–Kier alpha value is -2.11. The molecule has 0 saturated carbocycles. The van der Waals surface area contributed by atoms with Crippen molar-refractivity contribution in [1.29, 1.82) is 0 Å². The average Bonchev–Trinajstić information content (AvgIpc) is 2.39. The van der Waals surface area contributed by atoms with Crippen molar-refractivity contribution in [2.45, 2.75) is 33.2 Å². The van der Waals surface area contributed by atoms with Crippen LogP contribution in [0, 0.1) is 0 Å². The van der Waals surface area contributed by atoms with Gasteiger partial charge in [0.15, 0.2) is 11.6 Å². The van der Waals surface area contributed by atoms with Gasteiger partial charge in [0, 0.05) is 13.1 Å². The van der Waals surface area contributed by atoms with Crippen molar-refractivity contribution >= 4 is 11.6 Å². The molecule has 1 heterocycles. The molecule has 0 bridgehead atoms. The third kappa shape index (κ3) is 3.73. The van der Waals surface area contributed by atoms with Crippen LogP contribution in [-0.4, -0.2) is 21.8 Å². The van der Waals surface area contributed by atoms with Crippen LogP contribution >= 0.6 is 0 Å². The molecule has 0 radical (unpaired) electrons. The Kier molecular flexibility index (Phi) is 5.10. The van der Waals surface area contributed by atoms with Gasteiger partial charge in [-0.05, 0) is 13.3 Å². The van der Waals surface area contributed by atoms with Crippen molar-refractivity contribution in [1.82, 2.24) is 9.97 Å². The molecular weight excluding hydrogens is 230 g/mol. The number of hydrogen-bond donors (Lipinski definition) is 0. The fourth-order valence-electron chi connectivity index (χ4n) is 1.02. The summed E-state index contributed by atoms with van der Waals surface area (Å²) in [6.07, 6.45) is 5.27. The van der Waals surface area contributed by atoms with Gasteiger partial charge in [-0.1, -0.05) is 18.7 Å². The number of Topliss-reactive ketones (excluding diaryl/α,β-unsaturated/α-hetero) is 1. The topological polar surface area (TPSA) is 70.8 Å². The molecule has 0 saturated heterocycles. The molecule has 0 amide bonds. The molecule has 6 nitrogen and oxygen atoms in total. The number of hydrogen-bond acceptors (Lipinski definition) is 5. The lowest BCUT2D eigenvalue weighted by atomic mass is 10.3. The largest absolute Gasteiger partial charge is 0.293 e. The van der Waals surface area contributed by atoms with E-state index in [2.05, 4.69) is 26.9 Å². The minimum absolute atomic E-state index is 0.125. The van der Waals surface area contributed by atoms with E-state index in [4.69, 9.17) is 0 Å². The summed E-state index contributed by atoms with van der Waals surface area (Å²) in [4.78, 5) is 19.2. The maximum absolute atomic E-state index is 11.1. The predicted octanol–water partition coefficient (Wildman–Crippen LogP) is 2.79. The lowest BCUT2D eigenvalue weighted by Gasteiger charge is -2.11. The molecule has 1 unspecified atom stereocenters. The van der Waals surface area contributed by atoms with Gasteiger partial charge in [-0.3, -0.25) is 4.79 Å². The zero-order valence-corrected chi connectivity index (χ0v) is 10.9. The molecule has 1 rings (SSSR count). The minimum atomic E-state index is -0.125. The number of carbonyl (C=O) groups excluding carboxylic acids is 1. The monoisotopic (exact) mass is 247 g/mol. The van der Waals surface area contributed by atoms with Gasteiger partial charge in [0.05, 0.1) is 18.4 Å². The zero-order chi connectivity index (χ0) is 13.5. The zero-order valence-electron chi connectivity index (χ0n) is 10.9. The fourth-order valence-corrected chi connectivity index (χ4v) is 1.02. The summed E-state index contributed by atoms with van der Waals surface area (Å²) in [6.45, 7) is 9.08. The van der Waals surface area contributed by atoms with Gasteiger partial charge in [0.2, 0.25) is 0 Å². The molecule has 18 heavy (non-hydrogen) atoms. The summed E-state index contributed by atoms with van der Waals surface area (Å²) in [5, 5.41) is 9.52. The number of rotatable bonds is 6. The first kappa shape index (κ1) is 14.0. The van der Waals surface area contributed by atoms with Crippen LogP contribution in [0.3, 0.4) is 0 Å². The SMILES string of the molecule is C=CN(N=NC(C)CC)c1cnc(C(C)=O)cn1. The summed E-state index contributed by atoms with van der Waals surface area (Å²) in [6, 6.07) is 0.136. The highest BCUT2D eigenvalue weighted by Crippen LogP contribution is 2.11. The highest BCUT2D eigenvalue weighted by molar-refractivity contribution is 5.91. The van der Waals surface area contributed by atoms with Gasteiger partial charge in [0.25, 0.3) is 0 Å². The van der Waals surface area contributed by atoms with Crippen molar-refractivity contribution in [2.75, 3.05) is 5.01 Å². The summed E-state index contributed by atoms with van der Waals surface area (Å²) >= 11 is 0. The predicted molar refractivity (Wildman–Crippen MR) is 69.3 cm³/mol. The van der Waals surface area contributed by atoms with Crippen LogP contribution in [0.1, 0.15) is 37.7 Å². The van der Waals surface area contributed by atoms with Crippen molar-refractivity contribution < 1.29 is 4.79 Å². The van der Waals surface area contributed by atoms with E-state index in [1.807, 2.05) is 13.8 Å². The minimum Gasteiger partial charge on any atom is -0.293 e. The normalized spacial score (nSPS) is 12.4. The van der Waals surface area contributed by atoms with Gasteiger partial charge in [-0.25, -0.2) is 15.0 Å². The quantitative estimate of drug-likeness (QED) is 0.440. The van der Waals surface area contributed by atoms with Gasteiger partial charge in [-0.15, -0.1) is 0 Å². The van der Waals surface area contributed by atoms with Crippen LogP contribution < -0.4 is 5.01 Å². The third-order valence-corrected chi connectivity index (χ3v) is 2.34. The van der Waals surface area contributed by atoms with E-state index >= 15 is 0 Å². The van der Waals surface area contributed by atoms with Gasteiger partial charge < -0.3 is 0 Å². The summed E-state index contributed by atoms with van der Waals surface area (Å²) in [5.41, 5.74) is 0.321. The van der Waals surface area contributed by atoms with E-state index < -0.39 is 0 Å². The highest BCUT2D eigenvalue weighted by atomic mass is 16.1. The molecule has 0 N–H and O–H groups in total. The highest BCUT2D eigenvalue weighted by Gasteiger charge is 2.06. The van der Waals surface area contributed by atoms with E-state index in [1.54, 1.807) is 0 Å². The van der Waals surface area contributed by atoms with Crippen molar-refractivity contribution in [3.8, 4) is 0 Å². The molecular formula is C12H17N5O. The lowest BCUT2D eigenvalue weighted by Crippen LogP contribution is -2.10. The molecule has 96 valence electrons. The van der Waals surface area contributed by atoms with Crippen molar-refractivity contribution in [2.24, 2.45) is 10.3 Å². The summed E-state index contributed by atoms with van der Waals surface area (Å²) in [5.74, 6) is 0.350. The average molecular weight is 247 g/mol. The van der Waals surface area contributed by atoms with Gasteiger partial charge in [0.1, 0.15) is 5.69 Å². The number of nitrogens with zero attached hydrogens (tertiary/aromatic N) is 5. The second-order valence-corrected chi connectivity index (χ2v) is 3.81. The number of ketones is 1. The standard InChI is InChI=1S/C12H17N5O/c1-5-9(3)15-16-17(6-2)12-8-13-11(7-14-12)10(4)18/h6-9H,2,5H2,1,3-4H3. The molecule has 0 spiro atoms. The Morgan fingerprint density at radius 2 is 2.28 bits per heavy atom. The van der Waals surface area contributed by atoms with E-state index in [-0.39, 0.29) is 11.8 Å². The van der Waals surface area contributed by atoms with Crippen molar-refractivity contribution in [3.05, 3.63) is 30.9 Å². The van der Waals surface area contributed by atoms with E-state index in [9.17, 15) is 4.79 Å². The smallest absolute Gasteiger partial charge is 0.179 e. The second-order valence-electron chi connectivity index (χ2n) is 3.81. The Bertz CT molecular complexity index is 440. The molecule has 0 aliphatic heterocycles. The maximum Gasteiger partial charge on any atom is 0.179 e. The van der Waals surface area contributed by atoms with Gasteiger partial charge >= 0.3 is 0 Å². The molecule has 1 atom stereocenters. The molecule has 0 aliphatic carbocycles. The number of aromatic nitrogens is 2. The van der Waals surface area contributed by atoms with Crippen LogP contribution in [0.25, 0.3) is 0 Å². The fraction of sp³-hybridized carbons (Fsp3) is 0.417. The Balaban J connectivity index is 2.85. The maximum atomic E-state index is 11.1. The first-order valence-electron chi connectivity index (χ1n) is 5.74. The number of anilines is 1. The Labute approximate surface area is 106 Å². The Morgan fingerprint density at radius 3 is 2.72 bits per heavy atom. The van der Waals surface area contributed by atoms with E-state index in [0.29, 0.717) is 11.5 Å². The molecule has 0 aromatic carbocycles. The lowest BCUT2D eigenvalue weighted by molar-refractivity contribution is 0.101. The molecule has 1 aromatic heterocycles. The van der Waals surface area contributed by atoms with Crippen molar-refractivity contribution in [3.63, 3.8) is 0 Å². The van der Waals surface area contributed by atoms with Gasteiger partial charge in [-0.2, -0.15) is 5.11 Å². The first-order valence-corrected chi connectivity index (χ1v) is 5.74. The van der Waals surface area contributed by atoms with Crippen LogP contribution in [0.15, 0.2) is 35.5 Å². The second kappa shape index (κ2) is 6.58. The molecule has 0 fully saturated rings. The van der Waals surface area contributed by atoms with E-state index in [0.717, 1.165) is 6.42 Å². The molecule has 0 aliphatic rings. The first-order chi connectivity index (χ1) is 8.58.